The molecule has 23 heavy (non-hydrogen) atoms. The Morgan fingerprint density at radius 2 is 1.91 bits per heavy atom. The summed E-state index contributed by atoms with van der Waals surface area (Å²) in [5.74, 6) is 1.52. The van der Waals surface area contributed by atoms with E-state index in [1.807, 2.05) is 31.1 Å². The number of piperazine rings is 1. The summed E-state index contributed by atoms with van der Waals surface area (Å²) in [5, 5.41) is 0. The van der Waals surface area contributed by atoms with Crippen LogP contribution in [0.25, 0.3) is 0 Å². The van der Waals surface area contributed by atoms with E-state index < -0.39 is 0 Å². The Hall–Kier alpha value is -2.21. The molecule has 1 saturated heterocycles. The second-order valence-corrected chi connectivity index (χ2v) is 6.00. The van der Waals surface area contributed by atoms with Gasteiger partial charge in [-0.3, -0.25) is 4.90 Å². The maximum atomic E-state index is 13.3. The highest BCUT2D eigenvalue weighted by atomic mass is 19.1. The lowest BCUT2D eigenvalue weighted by Gasteiger charge is -2.34. The van der Waals surface area contributed by atoms with Crippen molar-refractivity contribution in [2.45, 2.75) is 6.54 Å². The lowest BCUT2D eigenvalue weighted by atomic mass is 10.2. The molecule has 0 unspecified atom stereocenters. The molecule has 0 N–H and O–H groups in total. The van der Waals surface area contributed by atoms with Crippen LogP contribution in [0.3, 0.4) is 0 Å². The number of aromatic nitrogens is 2. The molecule has 0 spiro atoms. The highest BCUT2D eigenvalue weighted by molar-refractivity contribution is 5.42. The molecule has 6 heteroatoms. The predicted molar refractivity (Wildman–Crippen MR) is 90.2 cm³/mol. The van der Waals surface area contributed by atoms with Gasteiger partial charge in [0.15, 0.2) is 0 Å². The molecule has 1 aromatic carbocycles. The van der Waals surface area contributed by atoms with E-state index in [1.54, 1.807) is 18.3 Å². The summed E-state index contributed by atoms with van der Waals surface area (Å²) in [5.41, 5.74) is 1.02. The molecule has 3 rings (SSSR count). The van der Waals surface area contributed by atoms with Crippen molar-refractivity contribution >= 4 is 11.8 Å². The molecular weight excluding hydrogens is 293 g/mol. The largest absolute Gasteiger partial charge is 0.363 e. The second-order valence-electron chi connectivity index (χ2n) is 6.00. The van der Waals surface area contributed by atoms with Crippen LogP contribution in [0, 0.1) is 5.82 Å². The molecule has 1 aliphatic rings. The molecule has 122 valence electrons. The number of hydrogen-bond acceptors (Lipinski definition) is 5. The third kappa shape index (κ3) is 3.96. The lowest BCUT2D eigenvalue weighted by Crippen LogP contribution is -2.46. The van der Waals surface area contributed by atoms with Crippen molar-refractivity contribution in [1.82, 2.24) is 14.9 Å². The van der Waals surface area contributed by atoms with Crippen LogP contribution < -0.4 is 9.80 Å². The number of nitrogens with zero attached hydrogens (tertiary/aromatic N) is 5. The van der Waals surface area contributed by atoms with E-state index >= 15 is 0 Å². The zero-order chi connectivity index (χ0) is 16.2. The van der Waals surface area contributed by atoms with Gasteiger partial charge in [-0.2, -0.15) is 4.98 Å². The van der Waals surface area contributed by atoms with Gasteiger partial charge >= 0.3 is 0 Å². The normalized spacial score (nSPS) is 15.7. The fourth-order valence-corrected chi connectivity index (χ4v) is 2.74. The number of hydrogen-bond donors (Lipinski definition) is 0. The molecule has 0 amide bonds. The quantitative estimate of drug-likeness (QED) is 0.862. The predicted octanol–water partition coefficient (Wildman–Crippen LogP) is 2.00. The van der Waals surface area contributed by atoms with Gasteiger partial charge in [-0.25, -0.2) is 9.37 Å². The Morgan fingerprint density at radius 3 is 2.61 bits per heavy atom. The third-order valence-electron chi connectivity index (χ3n) is 4.04. The second kappa shape index (κ2) is 6.91. The van der Waals surface area contributed by atoms with Crippen LogP contribution in [0.15, 0.2) is 36.5 Å². The third-order valence-corrected chi connectivity index (χ3v) is 4.04. The summed E-state index contributed by atoms with van der Waals surface area (Å²) in [7, 11) is 3.95. The summed E-state index contributed by atoms with van der Waals surface area (Å²) in [4.78, 5) is 15.5. The van der Waals surface area contributed by atoms with E-state index in [9.17, 15) is 4.39 Å². The fourth-order valence-electron chi connectivity index (χ4n) is 2.74. The number of anilines is 2. The molecule has 2 aromatic rings. The molecule has 2 heterocycles. The first kappa shape index (κ1) is 15.7. The number of halogens is 1. The van der Waals surface area contributed by atoms with E-state index in [0.717, 1.165) is 50.1 Å². The van der Waals surface area contributed by atoms with Crippen molar-refractivity contribution in [2.75, 3.05) is 50.1 Å². The Balaban J connectivity index is 1.59. The standard InChI is InChI=1S/C17H22FN5/c1-21(2)16-6-7-19-17(20-16)23-10-8-22(9-11-23)13-14-4-3-5-15(18)12-14/h3-7,12H,8-11,13H2,1-2H3. The summed E-state index contributed by atoms with van der Waals surface area (Å²) in [6, 6.07) is 8.73. The summed E-state index contributed by atoms with van der Waals surface area (Å²) in [6.45, 7) is 4.39. The van der Waals surface area contributed by atoms with Gasteiger partial charge in [0.2, 0.25) is 5.95 Å². The van der Waals surface area contributed by atoms with Crippen molar-refractivity contribution in [1.29, 1.82) is 0 Å². The van der Waals surface area contributed by atoms with Crippen LogP contribution in [0.2, 0.25) is 0 Å². The average molecular weight is 315 g/mol. The molecule has 0 bridgehead atoms. The van der Waals surface area contributed by atoms with Crippen LogP contribution >= 0.6 is 0 Å². The number of benzene rings is 1. The zero-order valence-electron chi connectivity index (χ0n) is 13.6. The van der Waals surface area contributed by atoms with Crippen LogP contribution in [-0.2, 0) is 6.54 Å². The lowest BCUT2D eigenvalue weighted by molar-refractivity contribution is 0.248. The van der Waals surface area contributed by atoms with Crippen molar-refractivity contribution in [3.8, 4) is 0 Å². The summed E-state index contributed by atoms with van der Waals surface area (Å²) in [6.07, 6.45) is 1.80. The van der Waals surface area contributed by atoms with Gasteiger partial charge in [0.05, 0.1) is 0 Å². The van der Waals surface area contributed by atoms with Gasteiger partial charge in [-0.1, -0.05) is 12.1 Å². The molecule has 0 atom stereocenters. The first-order chi connectivity index (χ1) is 11.1. The molecule has 5 nitrogen and oxygen atoms in total. The maximum Gasteiger partial charge on any atom is 0.227 e. The zero-order valence-corrected chi connectivity index (χ0v) is 13.6. The van der Waals surface area contributed by atoms with Gasteiger partial charge in [0.1, 0.15) is 11.6 Å². The molecule has 1 fully saturated rings. The van der Waals surface area contributed by atoms with Gasteiger partial charge in [-0.05, 0) is 23.8 Å². The topological polar surface area (TPSA) is 35.5 Å². The minimum Gasteiger partial charge on any atom is -0.363 e. The Bertz CT molecular complexity index is 653. The number of rotatable bonds is 4. The molecule has 1 aromatic heterocycles. The Morgan fingerprint density at radius 1 is 1.13 bits per heavy atom. The average Bonchev–Trinajstić information content (AvgIpc) is 2.56. The molecule has 0 aliphatic carbocycles. The minimum absolute atomic E-state index is 0.171. The molecule has 0 saturated carbocycles. The first-order valence-electron chi connectivity index (χ1n) is 7.84. The van der Waals surface area contributed by atoms with Crippen molar-refractivity contribution in [3.05, 3.63) is 47.9 Å². The Kier molecular flexibility index (Phi) is 4.71. The highest BCUT2D eigenvalue weighted by Gasteiger charge is 2.19. The van der Waals surface area contributed by atoms with E-state index in [1.165, 1.54) is 6.07 Å². The van der Waals surface area contributed by atoms with Crippen LogP contribution in [0.5, 0.6) is 0 Å². The molecule has 1 aliphatic heterocycles. The van der Waals surface area contributed by atoms with Gasteiger partial charge in [0, 0.05) is 53.0 Å². The van der Waals surface area contributed by atoms with Crippen LogP contribution in [0.4, 0.5) is 16.2 Å². The van der Waals surface area contributed by atoms with Gasteiger partial charge < -0.3 is 9.80 Å². The first-order valence-corrected chi connectivity index (χ1v) is 7.84. The Labute approximate surface area is 136 Å². The van der Waals surface area contributed by atoms with Crippen molar-refractivity contribution in [3.63, 3.8) is 0 Å². The maximum absolute atomic E-state index is 13.3. The van der Waals surface area contributed by atoms with Crippen molar-refractivity contribution in [2.24, 2.45) is 0 Å². The van der Waals surface area contributed by atoms with Gasteiger partial charge in [-0.15, -0.1) is 0 Å². The highest BCUT2D eigenvalue weighted by Crippen LogP contribution is 2.16. The minimum atomic E-state index is -0.171. The monoisotopic (exact) mass is 315 g/mol. The van der Waals surface area contributed by atoms with E-state index in [-0.39, 0.29) is 5.82 Å². The fraction of sp³-hybridized carbons (Fsp3) is 0.412. The summed E-state index contributed by atoms with van der Waals surface area (Å²) >= 11 is 0. The van der Waals surface area contributed by atoms with Gasteiger partial charge in [0.25, 0.3) is 0 Å². The van der Waals surface area contributed by atoms with Crippen molar-refractivity contribution < 1.29 is 4.39 Å². The molecule has 0 radical (unpaired) electrons. The van der Waals surface area contributed by atoms with Crippen LogP contribution in [-0.4, -0.2) is 55.1 Å². The van der Waals surface area contributed by atoms with E-state index in [4.69, 9.17) is 0 Å². The van der Waals surface area contributed by atoms with E-state index in [0.29, 0.717) is 0 Å². The van der Waals surface area contributed by atoms with Crippen LogP contribution in [0.1, 0.15) is 5.56 Å². The smallest absolute Gasteiger partial charge is 0.227 e. The SMILES string of the molecule is CN(C)c1ccnc(N2CCN(Cc3cccc(F)c3)CC2)n1. The van der Waals surface area contributed by atoms with E-state index in [2.05, 4.69) is 19.8 Å². The molecular formula is C17H22FN5. The summed E-state index contributed by atoms with van der Waals surface area (Å²) < 4.78 is 13.3.